The first kappa shape index (κ1) is 19.4. The minimum atomic E-state index is -1.10. The third kappa shape index (κ3) is 5.84. The fourth-order valence-corrected chi connectivity index (χ4v) is 3.50. The highest BCUT2D eigenvalue weighted by molar-refractivity contribution is 8.26. The Hall–Kier alpha value is -1.90. The van der Waals surface area contributed by atoms with Crippen LogP contribution in [-0.4, -0.2) is 45.2 Å². The van der Waals surface area contributed by atoms with Gasteiger partial charge in [0.25, 0.3) is 5.91 Å². The van der Waals surface area contributed by atoms with Crippen molar-refractivity contribution >= 4 is 63.8 Å². The molecule has 0 unspecified atom stereocenters. The Labute approximate surface area is 159 Å². The molecule has 0 atom stereocenters. The molecule has 1 aromatic rings. The molecule has 9 heteroatoms. The zero-order chi connectivity index (χ0) is 18.4. The lowest BCUT2D eigenvalue weighted by atomic mass is 10.2. The van der Waals surface area contributed by atoms with E-state index in [4.69, 9.17) is 28.9 Å². The summed E-state index contributed by atoms with van der Waals surface area (Å²) in [7, 11) is 0. The van der Waals surface area contributed by atoms with Crippen LogP contribution in [0, 0.1) is 0 Å². The van der Waals surface area contributed by atoms with E-state index in [1.807, 2.05) is 12.1 Å². The highest BCUT2D eigenvalue weighted by atomic mass is 35.5. The van der Waals surface area contributed by atoms with Gasteiger partial charge in [-0.3, -0.25) is 19.3 Å². The molecule has 0 bridgehead atoms. The number of hydrogen-bond donors (Lipinski definition) is 2. The van der Waals surface area contributed by atoms with Crippen LogP contribution in [0.3, 0.4) is 0 Å². The first-order chi connectivity index (χ1) is 11.9. The number of benzene rings is 1. The molecule has 2 N–H and O–H groups in total. The van der Waals surface area contributed by atoms with Crippen molar-refractivity contribution in [1.82, 2.24) is 10.2 Å². The Morgan fingerprint density at radius 1 is 1.32 bits per heavy atom. The predicted molar refractivity (Wildman–Crippen MR) is 101 cm³/mol. The number of amides is 2. The summed E-state index contributed by atoms with van der Waals surface area (Å²) in [6.07, 6.45) is 2.27. The summed E-state index contributed by atoms with van der Waals surface area (Å²) in [6, 6.07) is 7.09. The van der Waals surface area contributed by atoms with Crippen molar-refractivity contribution in [2.24, 2.45) is 0 Å². The van der Waals surface area contributed by atoms with Crippen molar-refractivity contribution in [3.63, 3.8) is 0 Å². The number of hydrogen-bond acceptors (Lipinski definition) is 5. The second kappa shape index (κ2) is 8.98. The van der Waals surface area contributed by atoms with E-state index in [2.05, 4.69) is 5.32 Å². The summed E-state index contributed by atoms with van der Waals surface area (Å²) in [5, 5.41) is 11.4. The van der Waals surface area contributed by atoms with Gasteiger partial charge in [-0.2, -0.15) is 0 Å². The summed E-state index contributed by atoms with van der Waals surface area (Å²) < 4.78 is 0.441. The summed E-state index contributed by atoms with van der Waals surface area (Å²) in [5.41, 5.74) is 0.845. The van der Waals surface area contributed by atoms with E-state index < -0.39 is 12.5 Å². The summed E-state index contributed by atoms with van der Waals surface area (Å²) in [6.45, 7) is -0.104. The molecule has 0 aliphatic carbocycles. The lowest BCUT2D eigenvalue weighted by Crippen LogP contribution is -2.32. The van der Waals surface area contributed by atoms with E-state index in [-0.39, 0.29) is 18.2 Å². The van der Waals surface area contributed by atoms with Crippen LogP contribution in [0.15, 0.2) is 29.2 Å². The van der Waals surface area contributed by atoms with Crippen LogP contribution in [0.2, 0.25) is 5.02 Å². The van der Waals surface area contributed by atoms with Gasteiger partial charge in [0.05, 0.1) is 4.91 Å². The minimum Gasteiger partial charge on any atom is -0.480 e. The minimum absolute atomic E-state index is 0.126. The molecule has 25 heavy (non-hydrogen) atoms. The molecule has 2 rings (SSSR count). The third-order valence-corrected chi connectivity index (χ3v) is 4.89. The Balaban J connectivity index is 1.89. The number of halogens is 1. The predicted octanol–water partition coefficient (Wildman–Crippen LogP) is 2.52. The molecule has 1 aromatic carbocycles. The Kier molecular flexibility index (Phi) is 6.98. The standard InChI is InChI=1S/C16H15ClN2O4S2/c17-11-5-3-10(4-6-11)8-12-15(23)19(16(24)25-12)7-1-2-13(20)18-9-14(21)22/h3-6,8H,1-2,7,9H2,(H,18,20)(H,21,22)/b12-8-. The van der Waals surface area contributed by atoms with Gasteiger partial charge in [0.15, 0.2) is 0 Å². The quantitative estimate of drug-likeness (QED) is 0.542. The van der Waals surface area contributed by atoms with Crippen LogP contribution in [0.5, 0.6) is 0 Å². The maximum Gasteiger partial charge on any atom is 0.322 e. The second-order valence-electron chi connectivity index (χ2n) is 5.16. The van der Waals surface area contributed by atoms with Crippen molar-refractivity contribution < 1.29 is 19.5 Å². The number of carboxylic acids is 1. The van der Waals surface area contributed by atoms with Gasteiger partial charge in [0.2, 0.25) is 5.91 Å². The van der Waals surface area contributed by atoms with Crippen molar-refractivity contribution in [1.29, 1.82) is 0 Å². The molecule has 0 saturated carbocycles. The van der Waals surface area contributed by atoms with Gasteiger partial charge in [0, 0.05) is 18.0 Å². The Bertz CT molecular complexity index is 734. The smallest absolute Gasteiger partial charge is 0.322 e. The van der Waals surface area contributed by atoms with Gasteiger partial charge in [-0.15, -0.1) is 0 Å². The van der Waals surface area contributed by atoms with Crippen LogP contribution in [-0.2, 0) is 14.4 Å². The van der Waals surface area contributed by atoms with Crippen molar-refractivity contribution in [2.75, 3.05) is 13.1 Å². The number of thiocarbonyl (C=S) groups is 1. The maximum atomic E-state index is 12.4. The van der Waals surface area contributed by atoms with Crippen LogP contribution >= 0.6 is 35.6 Å². The fourth-order valence-electron chi connectivity index (χ4n) is 2.06. The average molecular weight is 399 g/mol. The van der Waals surface area contributed by atoms with Gasteiger partial charge in [-0.1, -0.05) is 47.7 Å². The van der Waals surface area contributed by atoms with E-state index in [1.54, 1.807) is 18.2 Å². The van der Waals surface area contributed by atoms with Crippen molar-refractivity contribution in [3.8, 4) is 0 Å². The van der Waals surface area contributed by atoms with Crippen LogP contribution in [0.4, 0.5) is 0 Å². The third-order valence-electron chi connectivity index (χ3n) is 3.26. The lowest BCUT2D eigenvalue weighted by Gasteiger charge is -2.13. The number of nitrogens with zero attached hydrogens (tertiary/aromatic N) is 1. The van der Waals surface area contributed by atoms with Gasteiger partial charge in [-0.05, 0) is 30.2 Å². The number of thioether (sulfide) groups is 1. The summed E-state index contributed by atoms with van der Waals surface area (Å²) in [4.78, 5) is 36.2. The maximum absolute atomic E-state index is 12.4. The molecule has 1 heterocycles. The number of nitrogens with one attached hydrogen (secondary N) is 1. The van der Waals surface area contributed by atoms with Crippen LogP contribution < -0.4 is 5.32 Å². The first-order valence-corrected chi connectivity index (χ1v) is 8.96. The summed E-state index contributed by atoms with van der Waals surface area (Å²) in [5.74, 6) is -1.67. The van der Waals surface area contributed by atoms with Gasteiger partial charge < -0.3 is 10.4 Å². The normalized spacial score (nSPS) is 15.7. The zero-order valence-electron chi connectivity index (χ0n) is 13.0. The monoisotopic (exact) mass is 398 g/mol. The molecule has 1 fully saturated rings. The molecule has 1 saturated heterocycles. The fraction of sp³-hybridized carbons (Fsp3) is 0.250. The number of carboxylic acid groups (broad SMARTS) is 1. The second-order valence-corrected chi connectivity index (χ2v) is 7.27. The molecule has 0 aromatic heterocycles. The molecule has 132 valence electrons. The number of aliphatic carboxylic acids is 1. The number of carbonyl (C=O) groups is 3. The number of rotatable bonds is 7. The van der Waals surface area contributed by atoms with E-state index in [9.17, 15) is 14.4 Å². The Morgan fingerprint density at radius 2 is 2.00 bits per heavy atom. The van der Waals surface area contributed by atoms with E-state index >= 15 is 0 Å². The zero-order valence-corrected chi connectivity index (χ0v) is 15.4. The molecule has 2 amide bonds. The van der Waals surface area contributed by atoms with E-state index in [1.165, 1.54) is 16.7 Å². The van der Waals surface area contributed by atoms with Gasteiger partial charge >= 0.3 is 5.97 Å². The molecule has 0 radical (unpaired) electrons. The molecule has 1 aliphatic rings. The lowest BCUT2D eigenvalue weighted by molar-refractivity contribution is -0.137. The molecular formula is C16H15ClN2O4S2. The highest BCUT2D eigenvalue weighted by Gasteiger charge is 2.31. The molecule has 6 nitrogen and oxygen atoms in total. The molecule has 0 spiro atoms. The van der Waals surface area contributed by atoms with Crippen molar-refractivity contribution in [2.45, 2.75) is 12.8 Å². The highest BCUT2D eigenvalue weighted by Crippen LogP contribution is 2.32. The topological polar surface area (TPSA) is 86.7 Å². The Morgan fingerprint density at radius 3 is 2.64 bits per heavy atom. The molecule has 1 aliphatic heterocycles. The van der Waals surface area contributed by atoms with Gasteiger partial charge in [0.1, 0.15) is 10.9 Å². The van der Waals surface area contributed by atoms with E-state index in [0.717, 1.165) is 5.56 Å². The van der Waals surface area contributed by atoms with Crippen molar-refractivity contribution in [3.05, 3.63) is 39.8 Å². The average Bonchev–Trinajstić information content (AvgIpc) is 2.82. The van der Waals surface area contributed by atoms with E-state index in [0.29, 0.717) is 27.2 Å². The van der Waals surface area contributed by atoms with Crippen LogP contribution in [0.25, 0.3) is 6.08 Å². The first-order valence-electron chi connectivity index (χ1n) is 7.36. The van der Waals surface area contributed by atoms with Gasteiger partial charge in [-0.25, -0.2) is 0 Å². The molecular weight excluding hydrogens is 384 g/mol. The largest absolute Gasteiger partial charge is 0.480 e. The van der Waals surface area contributed by atoms with Crippen LogP contribution in [0.1, 0.15) is 18.4 Å². The summed E-state index contributed by atoms with van der Waals surface area (Å²) >= 11 is 12.3. The number of carbonyl (C=O) groups excluding carboxylic acids is 2. The SMILES string of the molecule is O=C(O)CNC(=O)CCCN1C(=O)/C(=C/c2ccc(Cl)cc2)SC1=S.